The second-order valence-electron chi connectivity index (χ2n) is 4.33. The van der Waals surface area contributed by atoms with E-state index in [1.165, 1.54) is 6.20 Å². The molecule has 17 heavy (non-hydrogen) atoms. The first-order valence-electron chi connectivity index (χ1n) is 5.76. The zero-order valence-corrected chi connectivity index (χ0v) is 9.56. The molecule has 1 saturated carbocycles. The van der Waals surface area contributed by atoms with Gasteiger partial charge in [0, 0.05) is 18.5 Å². The van der Waals surface area contributed by atoms with Crippen LogP contribution in [0.25, 0.3) is 0 Å². The minimum atomic E-state index is -0.167. The number of hydrogen-bond donors (Lipinski definition) is 4. The van der Waals surface area contributed by atoms with Crippen LogP contribution in [0.3, 0.4) is 0 Å². The molecule has 0 aromatic carbocycles. The predicted octanol–water partition coefficient (Wildman–Crippen LogP) is 0.772. The average molecular weight is 235 g/mol. The zero-order valence-electron chi connectivity index (χ0n) is 9.56. The van der Waals surface area contributed by atoms with Crippen LogP contribution in [0.4, 0.5) is 11.8 Å². The van der Waals surface area contributed by atoms with Gasteiger partial charge in [0.05, 0.1) is 11.7 Å². The van der Waals surface area contributed by atoms with Gasteiger partial charge in [-0.05, 0) is 25.7 Å². The largest absolute Gasteiger partial charge is 0.393 e. The third kappa shape index (κ3) is 2.91. The van der Waals surface area contributed by atoms with E-state index >= 15 is 0 Å². The Morgan fingerprint density at radius 1 is 1.41 bits per heavy atom. The van der Waals surface area contributed by atoms with Crippen molar-refractivity contribution in [1.82, 2.24) is 9.97 Å². The highest BCUT2D eigenvalue weighted by molar-refractivity contribution is 5.83. The molecule has 1 aromatic rings. The van der Waals surface area contributed by atoms with Crippen molar-refractivity contribution in [3.63, 3.8) is 0 Å². The van der Waals surface area contributed by atoms with Gasteiger partial charge in [0.2, 0.25) is 5.95 Å². The Morgan fingerprint density at radius 3 is 2.71 bits per heavy atom. The minimum absolute atomic E-state index is 0.167. The van der Waals surface area contributed by atoms with Crippen molar-refractivity contribution in [2.75, 3.05) is 11.1 Å². The highest BCUT2D eigenvalue weighted by atomic mass is 16.3. The molecule has 6 nitrogen and oxygen atoms in total. The van der Waals surface area contributed by atoms with Crippen molar-refractivity contribution in [2.24, 2.45) is 0 Å². The van der Waals surface area contributed by atoms with E-state index in [-0.39, 0.29) is 6.10 Å². The summed E-state index contributed by atoms with van der Waals surface area (Å²) in [7, 11) is 0. The van der Waals surface area contributed by atoms with Gasteiger partial charge < -0.3 is 21.6 Å². The lowest BCUT2D eigenvalue weighted by Gasteiger charge is -2.26. The van der Waals surface area contributed by atoms with E-state index in [9.17, 15) is 5.11 Å². The Balaban J connectivity index is 1.99. The number of nitrogens with zero attached hydrogens (tertiary/aromatic N) is 2. The van der Waals surface area contributed by atoms with Crippen LogP contribution >= 0.6 is 0 Å². The summed E-state index contributed by atoms with van der Waals surface area (Å²) in [5.74, 6) is 0.808. The van der Waals surface area contributed by atoms with Gasteiger partial charge in [-0.25, -0.2) is 4.98 Å². The number of aromatic nitrogens is 2. The fourth-order valence-electron chi connectivity index (χ4n) is 1.99. The molecule has 1 aromatic heterocycles. The van der Waals surface area contributed by atoms with Crippen LogP contribution in [-0.2, 0) is 0 Å². The fourth-order valence-corrected chi connectivity index (χ4v) is 1.99. The van der Waals surface area contributed by atoms with Gasteiger partial charge in [0.1, 0.15) is 5.82 Å². The van der Waals surface area contributed by atoms with Gasteiger partial charge in [-0.3, -0.25) is 0 Å². The molecule has 2 rings (SSSR count). The SMILES string of the molecule is N=Cc1cnc(NC2CCC(O)CC2)nc1N. The Labute approximate surface area is 99.8 Å². The number of nitrogen functional groups attached to an aromatic ring is 1. The molecule has 0 bridgehead atoms. The maximum atomic E-state index is 9.40. The third-order valence-electron chi connectivity index (χ3n) is 3.03. The van der Waals surface area contributed by atoms with E-state index in [2.05, 4.69) is 15.3 Å². The van der Waals surface area contributed by atoms with Gasteiger partial charge in [-0.2, -0.15) is 4.98 Å². The molecule has 0 spiro atoms. The van der Waals surface area contributed by atoms with E-state index in [0.29, 0.717) is 23.4 Å². The molecule has 1 aliphatic rings. The normalized spacial score (nSPS) is 24.3. The number of anilines is 2. The molecular formula is C11H17N5O. The number of nitrogens with one attached hydrogen (secondary N) is 2. The zero-order chi connectivity index (χ0) is 12.3. The summed E-state index contributed by atoms with van der Waals surface area (Å²) in [6, 6.07) is 0.295. The van der Waals surface area contributed by atoms with Crippen LogP contribution in [0.2, 0.25) is 0 Å². The lowest BCUT2D eigenvalue weighted by atomic mass is 9.93. The van der Waals surface area contributed by atoms with E-state index in [1.54, 1.807) is 0 Å². The quantitative estimate of drug-likeness (QED) is 0.579. The second-order valence-corrected chi connectivity index (χ2v) is 4.33. The maximum absolute atomic E-state index is 9.40. The fraction of sp³-hybridized carbons (Fsp3) is 0.545. The number of rotatable bonds is 3. The van der Waals surface area contributed by atoms with E-state index < -0.39 is 0 Å². The number of aliphatic hydroxyl groups excluding tert-OH is 1. The molecule has 92 valence electrons. The molecule has 0 atom stereocenters. The minimum Gasteiger partial charge on any atom is -0.393 e. The second kappa shape index (κ2) is 5.09. The van der Waals surface area contributed by atoms with E-state index in [0.717, 1.165) is 31.9 Å². The highest BCUT2D eigenvalue weighted by Gasteiger charge is 2.19. The third-order valence-corrected chi connectivity index (χ3v) is 3.03. The summed E-state index contributed by atoms with van der Waals surface area (Å²) >= 11 is 0. The molecule has 0 aliphatic heterocycles. The number of nitrogens with two attached hydrogens (primary N) is 1. The van der Waals surface area contributed by atoms with Gasteiger partial charge in [-0.1, -0.05) is 0 Å². The summed E-state index contributed by atoms with van der Waals surface area (Å²) in [6.07, 6.45) is 5.95. The Kier molecular flexibility index (Phi) is 3.53. The van der Waals surface area contributed by atoms with Gasteiger partial charge in [0.15, 0.2) is 0 Å². The van der Waals surface area contributed by atoms with Crippen LogP contribution in [0.5, 0.6) is 0 Å². The summed E-state index contributed by atoms with van der Waals surface area (Å²) < 4.78 is 0. The molecule has 0 unspecified atom stereocenters. The molecule has 0 saturated heterocycles. The first-order valence-corrected chi connectivity index (χ1v) is 5.76. The highest BCUT2D eigenvalue weighted by Crippen LogP contribution is 2.21. The van der Waals surface area contributed by atoms with Crippen LogP contribution in [0.1, 0.15) is 31.2 Å². The lowest BCUT2D eigenvalue weighted by molar-refractivity contribution is 0.126. The maximum Gasteiger partial charge on any atom is 0.224 e. The Hall–Kier alpha value is -1.69. The molecule has 1 fully saturated rings. The van der Waals surface area contributed by atoms with Crippen molar-refractivity contribution in [1.29, 1.82) is 5.41 Å². The molecule has 1 heterocycles. The standard InChI is InChI=1S/C11H17N5O/c12-5-7-6-14-11(16-10(7)13)15-8-1-3-9(17)4-2-8/h5-6,8-9,12,17H,1-4H2,(H3,13,14,15,16). The molecule has 6 heteroatoms. The van der Waals surface area contributed by atoms with Crippen LogP contribution < -0.4 is 11.1 Å². The summed E-state index contributed by atoms with van der Waals surface area (Å²) in [5, 5.41) is 19.7. The molecular weight excluding hydrogens is 218 g/mol. The lowest BCUT2D eigenvalue weighted by Crippen LogP contribution is -2.29. The first-order chi connectivity index (χ1) is 8.19. The number of hydrogen-bond acceptors (Lipinski definition) is 6. The van der Waals surface area contributed by atoms with Crippen LogP contribution in [0.15, 0.2) is 6.20 Å². The van der Waals surface area contributed by atoms with Gasteiger partial charge in [0.25, 0.3) is 0 Å². The Morgan fingerprint density at radius 2 is 2.12 bits per heavy atom. The topological polar surface area (TPSA) is 108 Å². The van der Waals surface area contributed by atoms with E-state index in [1.807, 2.05) is 0 Å². The van der Waals surface area contributed by atoms with Crippen molar-refractivity contribution in [3.8, 4) is 0 Å². The van der Waals surface area contributed by atoms with E-state index in [4.69, 9.17) is 11.1 Å². The van der Waals surface area contributed by atoms with Crippen molar-refractivity contribution in [3.05, 3.63) is 11.8 Å². The molecule has 1 aliphatic carbocycles. The Bertz CT molecular complexity index is 401. The average Bonchev–Trinajstić information content (AvgIpc) is 2.32. The summed E-state index contributed by atoms with van der Waals surface area (Å²) in [6.45, 7) is 0. The van der Waals surface area contributed by atoms with Crippen molar-refractivity contribution < 1.29 is 5.11 Å². The molecule has 0 radical (unpaired) electrons. The molecule has 0 amide bonds. The van der Waals surface area contributed by atoms with Crippen molar-refractivity contribution in [2.45, 2.75) is 37.8 Å². The van der Waals surface area contributed by atoms with Crippen LogP contribution in [0, 0.1) is 5.41 Å². The van der Waals surface area contributed by atoms with Gasteiger partial charge in [-0.15, -0.1) is 0 Å². The summed E-state index contributed by atoms with van der Waals surface area (Å²) in [5.41, 5.74) is 6.20. The van der Waals surface area contributed by atoms with Crippen LogP contribution in [-0.4, -0.2) is 33.4 Å². The number of aliphatic hydroxyl groups is 1. The predicted molar refractivity (Wildman–Crippen MR) is 66.2 cm³/mol. The van der Waals surface area contributed by atoms with Crippen molar-refractivity contribution >= 4 is 18.0 Å². The monoisotopic (exact) mass is 235 g/mol. The smallest absolute Gasteiger partial charge is 0.224 e. The molecule has 5 N–H and O–H groups in total. The van der Waals surface area contributed by atoms with Gasteiger partial charge >= 0.3 is 0 Å². The first kappa shape index (κ1) is 11.8. The summed E-state index contributed by atoms with van der Waals surface area (Å²) in [4.78, 5) is 8.21.